The second kappa shape index (κ2) is 2.64. The lowest BCUT2D eigenvalue weighted by Crippen LogP contribution is -2.10. The highest BCUT2D eigenvalue weighted by Crippen LogP contribution is 2.34. The Labute approximate surface area is 71.1 Å². The lowest BCUT2D eigenvalue weighted by atomic mass is 10.0. The van der Waals surface area contributed by atoms with Crippen LogP contribution in [0.1, 0.15) is 18.1 Å². The van der Waals surface area contributed by atoms with Gasteiger partial charge in [0.25, 0.3) is 0 Å². The molecule has 1 aliphatic rings. The Morgan fingerprint density at radius 2 is 2.17 bits per heavy atom. The summed E-state index contributed by atoms with van der Waals surface area (Å²) < 4.78 is 5.35. The molecule has 1 heterocycles. The summed E-state index contributed by atoms with van der Waals surface area (Å²) >= 11 is 0. The van der Waals surface area contributed by atoms with Crippen LogP contribution in [0, 0.1) is 0 Å². The third-order valence-corrected chi connectivity index (χ3v) is 1.95. The first kappa shape index (κ1) is 7.37. The van der Waals surface area contributed by atoms with E-state index < -0.39 is 6.10 Å². The smallest absolute Gasteiger partial charge is 0.132 e. The van der Waals surface area contributed by atoms with Crippen molar-refractivity contribution < 1.29 is 9.84 Å². The summed E-state index contributed by atoms with van der Waals surface area (Å²) in [6.07, 6.45) is 0.0410. The second-order valence-corrected chi connectivity index (χ2v) is 2.90. The summed E-state index contributed by atoms with van der Waals surface area (Å²) in [5.74, 6) is 1.35. The molecule has 1 aliphatic heterocycles. The predicted molar refractivity (Wildman–Crippen MR) is 45.8 cm³/mol. The van der Waals surface area contributed by atoms with Gasteiger partial charge in [-0.15, -0.1) is 0 Å². The van der Waals surface area contributed by atoms with E-state index in [-0.39, 0.29) is 0 Å². The number of aliphatic hydroxyl groups excluding tert-OH is 1. The van der Waals surface area contributed by atoms with Crippen LogP contribution in [0.15, 0.2) is 36.6 Å². The van der Waals surface area contributed by atoms with Crippen LogP contribution in [0.5, 0.6) is 5.75 Å². The van der Waals surface area contributed by atoms with Gasteiger partial charge in [0, 0.05) is 12.0 Å². The molecular formula is C10H10O2. The third-order valence-electron chi connectivity index (χ3n) is 1.95. The Balaban J connectivity index is 2.47. The van der Waals surface area contributed by atoms with Gasteiger partial charge < -0.3 is 9.84 Å². The maximum absolute atomic E-state index is 9.59. The number of ether oxygens (including phenoxy) is 1. The van der Waals surface area contributed by atoms with Crippen LogP contribution in [0.25, 0.3) is 0 Å². The summed E-state index contributed by atoms with van der Waals surface area (Å²) in [5, 5.41) is 9.59. The summed E-state index contributed by atoms with van der Waals surface area (Å²) in [6.45, 7) is 3.68. The van der Waals surface area contributed by atoms with E-state index in [1.165, 1.54) is 0 Å². The number of benzene rings is 1. The summed E-state index contributed by atoms with van der Waals surface area (Å²) in [6, 6.07) is 7.47. The zero-order valence-corrected chi connectivity index (χ0v) is 6.66. The van der Waals surface area contributed by atoms with Gasteiger partial charge in [-0.1, -0.05) is 24.8 Å². The normalized spacial score (nSPS) is 21.4. The first-order valence-electron chi connectivity index (χ1n) is 3.90. The van der Waals surface area contributed by atoms with Gasteiger partial charge >= 0.3 is 0 Å². The van der Waals surface area contributed by atoms with Crippen LogP contribution >= 0.6 is 0 Å². The predicted octanol–water partition coefficient (Wildman–Crippen LogP) is 2.02. The van der Waals surface area contributed by atoms with E-state index in [1.54, 1.807) is 0 Å². The zero-order chi connectivity index (χ0) is 8.55. The lowest BCUT2D eigenvalue weighted by molar-refractivity contribution is 0.144. The standard InChI is InChI=1S/C10H10O2/c1-7-6-9(11)8-4-2-3-5-10(8)12-7/h2-5,9,11H,1,6H2. The number of hydrogen-bond donors (Lipinski definition) is 1. The summed E-state index contributed by atoms with van der Waals surface area (Å²) in [4.78, 5) is 0. The van der Waals surface area contributed by atoms with E-state index >= 15 is 0 Å². The van der Waals surface area contributed by atoms with Crippen molar-refractivity contribution in [1.29, 1.82) is 0 Å². The van der Waals surface area contributed by atoms with Crippen molar-refractivity contribution >= 4 is 0 Å². The molecule has 2 nitrogen and oxygen atoms in total. The third kappa shape index (κ3) is 1.10. The van der Waals surface area contributed by atoms with E-state index in [1.807, 2.05) is 24.3 Å². The Morgan fingerprint density at radius 1 is 1.42 bits per heavy atom. The van der Waals surface area contributed by atoms with Crippen LogP contribution in [0.3, 0.4) is 0 Å². The first-order chi connectivity index (χ1) is 5.77. The van der Waals surface area contributed by atoms with Crippen LogP contribution < -0.4 is 4.74 Å². The molecule has 0 radical (unpaired) electrons. The van der Waals surface area contributed by atoms with Gasteiger partial charge in [0.15, 0.2) is 0 Å². The Kier molecular flexibility index (Phi) is 1.62. The average Bonchev–Trinajstić information content (AvgIpc) is 2.04. The highest BCUT2D eigenvalue weighted by atomic mass is 16.5. The molecule has 1 unspecified atom stereocenters. The zero-order valence-electron chi connectivity index (χ0n) is 6.66. The van der Waals surface area contributed by atoms with Crippen molar-refractivity contribution in [2.75, 3.05) is 0 Å². The summed E-state index contributed by atoms with van der Waals surface area (Å²) in [5.41, 5.74) is 0.852. The minimum absolute atomic E-state index is 0.456. The van der Waals surface area contributed by atoms with Crippen molar-refractivity contribution in [3.05, 3.63) is 42.2 Å². The fourth-order valence-electron chi connectivity index (χ4n) is 1.37. The van der Waals surface area contributed by atoms with E-state index in [2.05, 4.69) is 6.58 Å². The van der Waals surface area contributed by atoms with Crippen molar-refractivity contribution in [2.24, 2.45) is 0 Å². The minimum atomic E-state index is -0.456. The van der Waals surface area contributed by atoms with Crippen LogP contribution in [-0.2, 0) is 0 Å². The molecule has 2 rings (SSSR count). The molecule has 1 N–H and O–H groups in total. The molecule has 0 saturated heterocycles. The molecule has 1 aromatic rings. The van der Waals surface area contributed by atoms with E-state index in [0.29, 0.717) is 12.2 Å². The number of rotatable bonds is 0. The highest BCUT2D eigenvalue weighted by Gasteiger charge is 2.20. The molecule has 1 atom stereocenters. The molecule has 0 aromatic heterocycles. The van der Waals surface area contributed by atoms with Crippen molar-refractivity contribution in [1.82, 2.24) is 0 Å². The number of fused-ring (bicyclic) bond motifs is 1. The van der Waals surface area contributed by atoms with Gasteiger partial charge in [0.05, 0.1) is 11.9 Å². The van der Waals surface area contributed by atoms with Gasteiger partial charge in [-0.3, -0.25) is 0 Å². The maximum Gasteiger partial charge on any atom is 0.132 e. The van der Waals surface area contributed by atoms with Gasteiger partial charge in [0.1, 0.15) is 5.75 Å². The second-order valence-electron chi connectivity index (χ2n) is 2.90. The Bertz CT molecular complexity index is 317. The van der Waals surface area contributed by atoms with Crippen LogP contribution in [0.4, 0.5) is 0 Å². The van der Waals surface area contributed by atoms with E-state index in [9.17, 15) is 5.11 Å². The summed E-state index contributed by atoms with van der Waals surface area (Å²) in [7, 11) is 0. The van der Waals surface area contributed by atoms with Crippen molar-refractivity contribution in [3.8, 4) is 5.75 Å². The Hall–Kier alpha value is -1.28. The quantitative estimate of drug-likeness (QED) is 0.632. The van der Waals surface area contributed by atoms with Gasteiger partial charge in [-0.2, -0.15) is 0 Å². The topological polar surface area (TPSA) is 29.5 Å². The lowest BCUT2D eigenvalue weighted by Gasteiger charge is -2.22. The molecule has 0 saturated carbocycles. The fourth-order valence-corrected chi connectivity index (χ4v) is 1.37. The van der Waals surface area contributed by atoms with Crippen molar-refractivity contribution in [3.63, 3.8) is 0 Å². The first-order valence-corrected chi connectivity index (χ1v) is 3.90. The number of aliphatic hydroxyl groups is 1. The molecule has 0 fully saturated rings. The van der Waals surface area contributed by atoms with Gasteiger partial charge in [-0.05, 0) is 6.07 Å². The molecule has 1 aromatic carbocycles. The minimum Gasteiger partial charge on any atom is -0.462 e. The van der Waals surface area contributed by atoms with Crippen LogP contribution in [-0.4, -0.2) is 5.11 Å². The maximum atomic E-state index is 9.59. The fraction of sp³-hybridized carbons (Fsp3) is 0.200. The monoisotopic (exact) mass is 162 g/mol. The molecule has 12 heavy (non-hydrogen) atoms. The Morgan fingerprint density at radius 3 is 3.00 bits per heavy atom. The van der Waals surface area contributed by atoms with Crippen LogP contribution in [0.2, 0.25) is 0 Å². The number of hydrogen-bond acceptors (Lipinski definition) is 2. The SMILES string of the molecule is C=C1CC(O)c2ccccc2O1. The molecular weight excluding hydrogens is 152 g/mol. The van der Waals surface area contributed by atoms with E-state index in [4.69, 9.17) is 4.74 Å². The molecule has 0 bridgehead atoms. The average molecular weight is 162 g/mol. The highest BCUT2D eigenvalue weighted by molar-refractivity contribution is 5.38. The molecule has 0 amide bonds. The van der Waals surface area contributed by atoms with Gasteiger partial charge in [0.2, 0.25) is 0 Å². The van der Waals surface area contributed by atoms with E-state index in [0.717, 1.165) is 11.3 Å². The van der Waals surface area contributed by atoms with Gasteiger partial charge in [-0.25, -0.2) is 0 Å². The van der Waals surface area contributed by atoms with Crippen molar-refractivity contribution in [2.45, 2.75) is 12.5 Å². The largest absolute Gasteiger partial charge is 0.462 e. The molecule has 0 spiro atoms. The number of para-hydroxylation sites is 1. The molecule has 0 aliphatic carbocycles. The molecule has 2 heteroatoms. The molecule has 62 valence electrons.